The fourth-order valence-electron chi connectivity index (χ4n) is 2.54. The van der Waals surface area contributed by atoms with Crippen molar-refractivity contribution in [1.82, 2.24) is 9.38 Å². The molecule has 3 rings (SSSR count). The number of anilines is 1. The van der Waals surface area contributed by atoms with Gasteiger partial charge in [-0.2, -0.15) is 0 Å². The van der Waals surface area contributed by atoms with Crippen LogP contribution in [0.15, 0.2) is 35.3 Å². The number of pyridine rings is 1. The second kappa shape index (κ2) is 6.18. The Labute approximate surface area is 127 Å². The van der Waals surface area contributed by atoms with E-state index >= 15 is 0 Å². The number of rotatable bonds is 3. The Kier molecular flexibility index (Phi) is 4.29. The average Bonchev–Trinajstić information content (AvgIpc) is 2.47. The molecule has 0 amide bonds. The summed E-state index contributed by atoms with van der Waals surface area (Å²) in [6.07, 6.45) is 1.75. The van der Waals surface area contributed by atoms with E-state index in [1.807, 2.05) is 23.9 Å². The van der Waals surface area contributed by atoms with E-state index in [9.17, 15) is 8.89 Å². The molecule has 1 fully saturated rings. The van der Waals surface area contributed by atoms with Gasteiger partial charge in [0.1, 0.15) is 0 Å². The number of nitrogens with zero attached hydrogens (tertiary/aromatic N) is 3. The Morgan fingerprint density at radius 1 is 1.52 bits per heavy atom. The summed E-state index contributed by atoms with van der Waals surface area (Å²) in [5.41, 5.74) is 2.47. The fourth-order valence-corrected chi connectivity index (χ4v) is 4.24. The van der Waals surface area contributed by atoms with Gasteiger partial charge in [0, 0.05) is 0 Å². The Balaban J connectivity index is 1.87. The monoisotopic (exact) mass is 351 g/mol. The SMILES string of the molecule is C[As](O)CC1CN(c2cc(=O)n3ccccc3n2)CCO1. The third-order valence-electron chi connectivity index (χ3n) is 3.49. The number of hydrogen-bond acceptors (Lipinski definition) is 5. The molecule has 2 unspecified atom stereocenters. The van der Waals surface area contributed by atoms with E-state index in [2.05, 4.69) is 9.88 Å². The van der Waals surface area contributed by atoms with Gasteiger partial charge in [-0.1, -0.05) is 0 Å². The van der Waals surface area contributed by atoms with Gasteiger partial charge in [0.05, 0.1) is 0 Å². The van der Waals surface area contributed by atoms with Crippen LogP contribution in [0.2, 0.25) is 10.9 Å². The Hall–Kier alpha value is -1.36. The first-order chi connectivity index (χ1) is 10.1. The van der Waals surface area contributed by atoms with E-state index in [0.29, 0.717) is 31.2 Å². The number of aromatic nitrogens is 2. The Morgan fingerprint density at radius 3 is 3.19 bits per heavy atom. The zero-order valence-corrected chi connectivity index (χ0v) is 13.7. The van der Waals surface area contributed by atoms with E-state index in [0.717, 1.165) is 5.21 Å². The maximum atomic E-state index is 12.1. The predicted octanol–water partition coefficient (Wildman–Crippen LogP) is 0.513. The van der Waals surface area contributed by atoms with E-state index < -0.39 is 15.0 Å². The summed E-state index contributed by atoms with van der Waals surface area (Å²) in [7, 11) is 0. The predicted molar refractivity (Wildman–Crippen MR) is 82.1 cm³/mol. The zero-order chi connectivity index (χ0) is 14.8. The molecule has 1 saturated heterocycles. The molecule has 112 valence electrons. The molecule has 21 heavy (non-hydrogen) atoms. The van der Waals surface area contributed by atoms with Gasteiger partial charge in [-0.25, -0.2) is 0 Å². The standard InChI is InChI=1S/C14H18AsN3O3/c1-15(20)9-11-10-17(6-7-21-11)13-8-14(19)18-5-3-2-4-12(18)16-13/h2-5,8,11,20H,6-7,9-10H2,1H3. The Bertz CT molecular complexity index is 688. The molecule has 2 aromatic rings. The van der Waals surface area contributed by atoms with Crippen LogP contribution in [0.3, 0.4) is 0 Å². The van der Waals surface area contributed by atoms with Crippen molar-refractivity contribution in [2.24, 2.45) is 0 Å². The van der Waals surface area contributed by atoms with Crippen molar-refractivity contribution < 1.29 is 8.83 Å². The van der Waals surface area contributed by atoms with Gasteiger partial charge in [-0.3, -0.25) is 0 Å². The van der Waals surface area contributed by atoms with Crippen molar-refractivity contribution in [2.45, 2.75) is 17.0 Å². The zero-order valence-electron chi connectivity index (χ0n) is 11.8. The summed E-state index contributed by atoms with van der Waals surface area (Å²) < 4.78 is 16.8. The molecular weight excluding hydrogens is 333 g/mol. The first-order valence-corrected chi connectivity index (χ1v) is 10.9. The van der Waals surface area contributed by atoms with Crippen molar-refractivity contribution >= 4 is 26.5 Å². The van der Waals surface area contributed by atoms with Crippen molar-refractivity contribution in [3.8, 4) is 0 Å². The normalized spacial score (nSPS) is 20.7. The second-order valence-corrected chi connectivity index (χ2v) is 8.69. The molecule has 6 nitrogen and oxygen atoms in total. The fraction of sp³-hybridized carbons (Fsp3) is 0.429. The molecule has 1 N–H and O–H groups in total. The average molecular weight is 351 g/mol. The molecule has 2 aromatic heterocycles. The molecule has 7 heteroatoms. The maximum absolute atomic E-state index is 12.1. The van der Waals surface area contributed by atoms with E-state index in [1.54, 1.807) is 12.3 Å². The number of fused-ring (bicyclic) bond motifs is 1. The quantitative estimate of drug-likeness (QED) is 0.817. The first kappa shape index (κ1) is 14.6. The molecule has 0 aromatic carbocycles. The van der Waals surface area contributed by atoms with Gasteiger partial charge in [-0.05, 0) is 0 Å². The summed E-state index contributed by atoms with van der Waals surface area (Å²) >= 11 is -1.72. The van der Waals surface area contributed by atoms with Crippen LogP contribution < -0.4 is 10.5 Å². The van der Waals surface area contributed by atoms with Gasteiger partial charge < -0.3 is 0 Å². The third-order valence-corrected chi connectivity index (χ3v) is 5.45. The van der Waals surface area contributed by atoms with Crippen LogP contribution in [0, 0.1) is 0 Å². The van der Waals surface area contributed by atoms with Crippen LogP contribution >= 0.6 is 0 Å². The molecular formula is C14H18AsN3O3. The molecule has 0 saturated carbocycles. The topological polar surface area (TPSA) is 67.1 Å². The second-order valence-electron chi connectivity index (χ2n) is 5.16. The summed E-state index contributed by atoms with van der Waals surface area (Å²) in [4.78, 5) is 18.8. The van der Waals surface area contributed by atoms with Gasteiger partial charge in [0.25, 0.3) is 0 Å². The van der Waals surface area contributed by atoms with Crippen molar-refractivity contribution in [2.75, 3.05) is 24.6 Å². The van der Waals surface area contributed by atoms with Gasteiger partial charge in [0.2, 0.25) is 0 Å². The Morgan fingerprint density at radius 2 is 2.38 bits per heavy atom. The van der Waals surface area contributed by atoms with E-state index in [1.165, 1.54) is 4.40 Å². The van der Waals surface area contributed by atoms with E-state index in [-0.39, 0.29) is 11.7 Å². The third kappa shape index (κ3) is 3.28. The van der Waals surface area contributed by atoms with Crippen LogP contribution in [-0.4, -0.2) is 54.3 Å². The summed E-state index contributed by atoms with van der Waals surface area (Å²) in [5.74, 6) is 0.688. The summed E-state index contributed by atoms with van der Waals surface area (Å²) in [6, 6.07) is 7.07. The van der Waals surface area contributed by atoms with Crippen LogP contribution in [-0.2, 0) is 4.74 Å². The molecule has 0 radical (unpaired) electrons. The van der Waals surface area contributed by atoms with Crippen molar-refractivity contribution in [3.05, 3.63) is 40.8 Å². The van der Waals surface area contributed by atoms with E-state index in [4.69, 9.17) is 4.74 Å². The molecule has 2 atom stereocenters. The number of ether oxygens (including phenoxy) is 1. The van der Waals surface area contributed by atoms with Crippen molar-refractivity contribution in [1.29, 1.82) is 0 Å². The molecule has 3 heterocycles. The number of hydrogen-bond donors (Lipinski definition) is 1. The molecule has 0 bridgehead atoms. The van der Waals surface area contributed by atoms with Gasteiger partial charge in [0.15, 0.2) is 0 Å². The van der Waals surface area contributed by atoms with Crippen LogP contribution in [0.1, 0.15) is 0 Å². The van der Waals surface area contributed by atoms with Gasteiger partial charge >= 0.3 is 127 Å². The first-order valence-electron chi connectivity index (χ1n) is 6.88. The molecule has 0 spiro atoms. The molecule has 1 aliphatic rings. The minimum atomic E-state index is -1.72. The van der Waals surface area contributed by atoms with Gasteiger partial charge in [-0.15, -0.1) is 0 Å². The molecule has 0 aliphatic carbocycles. The number of morpholine rings is 1. The van der Waals surface area contributed by atoms with Crippen LogP contribution in [0.5, 0.6) is 0 Å². The van der Waals surface area contributed by atoms with Crippen LogP contribution in [0.25, 0.3) is 5.65 Å². The molecule has 1 aliphatic heterocycles. The minimum absolute atomic E-state index is 0.0322. The summed E-state index contributed by atoms with van der Waals surface area (Å²) in [5, 5.41) is 0.732. The van der Waals surface area contributed by atoms with Crippen molar-refractivity contribution in [3.63, 3.8) is 0 Å². The summed E-state index contributed by atoms with van der Waals surface area (Å²) in [6.45, 7) is 1.99. The van der Waals surface area contributed by atoms with Crippen LogP contribution in [0.4, 0.5) is 5.82 Å².